The zero-order valence-electron chi connectivity index (χ0n) is 14.0. The highest BCUT2D eigenvalue weighted by atomic mass is 127. The maximum Gasteiger partial charge on any atom is 0.119 e. The van der Waals surface area contributed by atoms with Gasteiger partial charge in [0.1, 0.15) is 12.4 Å². The Hall–Kier alpha value is -2.05. The van der Waals surface area contributed by atoms with E-state index in [4.69, 9.17) is 16.3 Å². The van der Waals surface area contributed by atoms with E-state index in [9.17, 15) is 0 Å². The largest absolute Gasteiger partial charge is 0.489 e. The summed E-state index contributed by atoms with van der Waals surface area (Å²) in [6, 6.07) is 23.9. The van der Waals surface area contributed by atoms with E-state index >= 15 is 0 Å². The van der Waals surface area contributed by atoms with Crippen molar-refractivity contribution in [3.8, 4) is 5.75 Å². The minimum absolute atomic E-state index is 0.563. The summed E-state index contributed by atoms with van der Waals surface area (Å²) in [4.78, 5) is 0. The second-order valence-electron chi connectivity index (χ2n) is 5.70. The number of hydrogen-bond donors (Lipinski definition) is 1. The first-order chi connectivity index (χ1) is 12.7. The summed E-state index contributed by atoms with van der Waals surface area (Å²) in [7, 11) is 0. The molecule has 0 heterocycles. The lowest BCUT2D eigenvalue weighted by molar-refractivity contribution is 0.306. The average Bonchev–Trinajstić information content (AvgIpc) is 2.67. The minimum Gasteiger partial charge on any atom is -0.489 e. The molecule has 3 rings (SSSR count). The summed E-state index contributed by atoms with van der Waals surface area (Å²) >= 11 is 8.16. The first-order valence-corrected chi connectivity index (χ1v) is 9.62. The van der Waals surface area contributed by atoms with Gasteiger partial charge in [-0.2, -0.15) is 5.10 Å². The van der Waals surface area contributed by atoms with Gasteiger partial charge in [-0.3, -0.25) is 0 Å². The Bertz CT molecular complexity index is 847. The van der Waals surface area contributed by atoms with Crippen molar-refractivity contribution in [1.82, 2.24) is 5.43 Å². The Kier molecular flexibility index (Phi) is 6.91. The van der Waals surface area contributed by atoms with E-state index in [1.54, 1.807) is 6.21 Å². The third-order valence-corrected chi connectivity index (χ3v) is 4.67. The molecule has 1 N–H and O–H groups in total. The molecule has 3 aromatic rings. The van der Waals surface area contributed by atoms with Gasteiger partial charge in [0.25, 0.3) is 0 Å². The van der Waals surface area contributed by atoms with Crippen molar-refractivity contribution in [3.05, 3.63) is 98.1 Å². The number of hydrazone groups is 1. The fraction of sp³-hybridized carbons (Fsp3) is 0.0952. The Balaban J connectivity index is 1.46. The number of ether oxygens (including phenoxy) is 1. The molecule has 0 aliphatic heterocycles. The lowest BCUT2D eigenvalue weighted by Crippen LogP contribution is -2.05. The van der Waals surface area contributed by atoms with Gasteiger partial charge in [-0.1, -0.05) is 35.9 Å². The summed E-state index contributed by atoms with van der Waals surface area (Å²) in [6.07, 6.45) is 1.79. The molecule has 0 bridgehead atoms. The quantitative estimate of drug-likeness (QED) is 0.272. The van der Waals surface area contributed by atoms with E-state index in [1.165, 1.54) is 3.57 Å². The van der Waals surface area contributed by atoms with Gasteiger partial charge in [-0.05, 0) is 87.8 Å². The first kappa shape index (κ1) is 18.7. The predicted molar refractivity (Wildman–Crippen MR) is 116 cm³/mol. The number of halogens is 2. The number of nitrogens with zero attached hydrogens (tertiary/aromatic N) is 1. The van der Waals surface area contributed by atoms with E-state index in [-0.39, 0.29) is 0 Å². The van der Waals surface area contributed by atoms with Crippen LogP contribution in [0.2, 0.25) is 5.02 Å². The van der Waals surface area contributed by atoms with Crippen LogP contribution >= 0.6 is 34.2 Å². The first-order valence-electron chi connectivity index (χ1n) is 8.17. The van der Waals surface area contributed by atoms with Gasteiger partial charge in [0.2, 0.25) is 0 Å². The Morgan fingerprint density at radius 1 is 0.885 bits per heavy atom. The fourth-order valence-electron chi connectivity index (χ4n) is 2.26. The van der Waals surface area contributed by atoms with Crippen molar-refractivity contribution < 1.29 is 4.74 Å². The topological polar surface area (TPSA) is 33.6 Å². The Morgan fingerprint density at radius 2 is 1.54 bits per heavy atom. The van der Waals surface area contributed by atoms with Crippen LogP contribution in [0.1, 0.15) is 16.7 Å². The zero-order valence-corrected chi connectivity index (χ0v) is 16.9. The number of rotatable bonds is 7. The maximum atomic E-state index is 5.87. The molecular weight excluding hydrogens is 459 g/mol. The van der Waals surface area contributed by atoms with Crippen LogP contribution < -0.4 is 10.2 Å². The van der Waals surface area contributed by atoms with E-state index in [0.29, 0.717) is 13.2 Å². The van der Waals surface area contributed by atoms with Gasteiger partial charge in [-0.15, -0.1) is 0 Å². The van der Waals surface area contributed by atoms with Crippen LogP contribution in [0, 0.1) is 3.57 Å². The van der Waals surface area contributed by atoms with Gasteiger partial charge >= 0.3 is 0 Å². The molecule has 0 atom stereocenters. The molecule has 0 unspecified atom stereocenters. The summed E-state index contributed by atoms with van der Waals surface area (Å²) < 4.78 is 7.03. The van der Waals surface area contributed by atoms with Crippen LogP contribution in [0.5, 0.6) is 5.75 Å². The molecule has 5 heteroatoms. The van der Waals surface area contributed by atoms with Crippen molar-refractivity contribution in [2.45, 2.75) is 13.2 Å². The van der Waals surface area contributed by atoms with Crippen molar-refractivity contribution >= 4 is 40.4 Å². The monoisotopic (exact) mass is 476 g/mol. The molecule has 0 spiro atoms. The van der Waals surface area contributed by atoms with E-state index in [2.05, 4.69) is 57.4 Å². The lowest BCUT2D eigenvalue weighted by Gasteiger charge is -2.06. The molecule has 26 heavy (non-hydrogen) atoms. The highest BCUT2D eigenvalue weighted by Crippen LogP contribution is 2.14. The van der Waals surface area contributed by atoms with Crippen LogP contribution in [0.25, 0.3) is 0 Å². The molecule has 0 saturated carbocycles. The van der Waals surface area contributed by atoms with E-state index in [1.807, 2.05) is 48.5 Å². The van der Waals surface area contributed by atoms with Crippen molar-refractivity contribution in [1.29, 1.82) is 0 Å². The normalized spacial score (nSPS) is 10.8. The molecule has 0 radical (unpaired) electrons. The Morgan fingerprint density at radius 3 is 2.23 bits per heavy atom. The number of benzene rings is 3. The molecule has 0 aromatic heterocycles. The SMILES string of the molecule is Clc1ccc(CN/N=C\c2ccc(OCc3ccc(I)cc3)cc2)cc1. The molecule has 0 aliphatic rings. The second-order valence-corrected chi connectivity index (χ2v) is 7.39. The van der Waals surface area contributed by atoms with Crippen LogP contribution in [0.15, 0.2) is 77.9 Å². The third kappa shape index (κ3) is 6.04. The lowest BCUT2D eigenvalue weighted by atomic mass is 10.2. The molecule has 0 amide bonds. The molecule has 0 aliphatic carbocycles. The molecular formula is C21H18ClIN2O. The van der Waals surface area contributed by atoms with Gasteiger partial charge in [0.05, 0.1) is 12.8 Å². The summed E-state index contributed by atoms with van der Waals surface area (Å²) in [5, 5.41) is 4.98. The fourth-order valence-corrected chi connectivity index (χ4v) is 2.74. The van der Waals surface area contributed by atoms with Crippen LogP contribution in [0.3, 0.4) is 0 Å². The van der Waals surface area contributed by atoms with Crippen LogP contribution in [0.4, 0.5) is 0 Å². The van der Waals surface area contributed by atoms with Gasteiger partial charge in [0, 0.05) is 8.59 Å². The predicted octanol–water partition coefficient (Wildman–Crippen LogP) is 5.65. The Labute approximate surface area is 172 Å². The number of hydrogen-bond acceptors (Lipinski definition) is 3. The van der Waals surface area contributed by atoms with Gasteiger partial charge in [-0.25, -0.2) is 0 Å². The molecule has 0 fully saturated rings. The molecule has 3 aromatic carbocycles. The summed E-state index contributed by atoms with van der Waals surface area (Å²) in [6.45, 7) is 1.22. The van der Waals surface area contributed by atoms with Crippen molar-refractivity contribution in [2.75, 3.05) is 0 Å². The summed E-state index contributed by atoms with van der Waals surface area (Å²) in [5.41, 5.74) is 6.32. The van der Waals surface area contributed by atoms with Crippen molar-refractivity contribution in [2.24, 2.45) is 5.10 Å². The van der Waals surface area contributed by atoms with Gasteiger partial charge in [0.15, 0.2) is 0 Å². The summed E-state index contributed by atoms with van der Waals surface area (Å²) in [5.74, 6) is 0.842. The minimum atomic E-state index is 0.563. The molecule has 132 valence electrons. The van der Waals surface area contributed by atoms with Crippen LogP contribution in [-0.2, 0) is 13.2 Å². The van der Waals surface area contributed by atoms with Gasteiger partial charge < -0.3 is 10.2 Å². The van der Waals surface area contributed by atoms with Crippen molar-refractivity contribution in [3.63, 3.8) is 0 Å². The number of nitrogens with one attached hydrogen (secondary N) is 1. The molecule has 3 nitrogen and oxygen atoms in total. The zero-order chi connectivity index (χ0) is 18.2. The van der Waals surface area contributed by atoms with E-state index in [0.717, 1.165) is 27.5 Å². The highest BCUT2D eigenvalue weighted by molar-refractivity contribution is 14.1. The standard InChI is InChI=1S/C21H18ClIN2O/c22-19-7-1-16(2-8-19)13-24-25-14-17-5-11-21(12-6-17)26-15-18-3-9-20(23)10-4-18/h1-12,14,24H,13,15H2/b25-14-. The smallest absolute Gasteiger partial charge is 0.119 e. The maximum absolute atomic E-state index is 5.87. The third-order valence-electron chi connectivity index (χ3n) is 3.70. The second kappa shape index (κ2) is 9.59. The highest BCUT2D eigenvalue weighted by Gasteiger charge is 1.97. The molecule has 0 saturated heterocycles. The van der Waals surface area contributed by atoms with Crippen LogP contribution in [-0.4, -0.2) is 6.21 Å². The average molecular weight is 477 g/mol. The van der Waals surface area contributed by atoms with E-state index < -0.39 is 0 Å².